The molecule has 1 saturated carbocycles. The number of anilines is 1. The van der Waals surface area contributed by atoms with Crippen molar-refractivity contribution in [3.8, 4) is 0 Å². The highest BCUT2D eigenvalue weighted by molar-refractivity contribution is 6.55. The van der Waals surface area contributed by atoms with Gasteiger partial charge in [-0.15, -0.1) is 11.6 Å². The number of rotatable bonds is 1. The molecule has 0 bridgehead atoms. The maximum absolute atomic E-state index is 14.2. The first-order valence-electron chi connectivity index (χ1n) is 6.75. The summed E-state index contributed by atoms with van der Waals surface area (Å²) in [4.78, 5) is 12.1. The quantitative estimate of drug-likeness (QED) is 0.474. The molecule has 1 amide bonds. The van der Waals surface area contributed by atoms with E-state index < -0.39 is 38.5 Å². The molecule has 2 nitrogen and oxygen atoms in total. The number of halogens is 6. The molecule has 22 heavy (non-hydrogen) atoms. The topological polar surface area (TPSA) is 20.3 Å². The average molecular weight is 389 g/mol. The monoisotopic (exact) mass is 387 g/mol. The van der Waals surface area contributed by atoms with E-state index in [0.717, 1.165) is 29.9 Å². The van der Waals surface area contributed by atoms with E-state index in [1.165, 1.54) is 0 Å². The Morgan fingerprint density at radius 2 is 1.73 bits per heavy atom. The first kappa shape index (κ1) is 16.6. The minimum absolute atomic E-state index is 0.127. The molecule has 1 aromatic carbocycles. The van der Waals surface area contributed by atoms with Gasteiger partial charge in [0.1, 0.15) is 10.6 Å². The van der Waals surface area contributed by atoms with Crippen LogP contribution in [0.2, 0.25) is 5.02 Å². The van der Waals surface area contributed by atoms with Crippen LogP contribution in [0.3, 0.4) is 0 Å². The summed E-state index contributed by atoms with van der Waals surface area (Å²) in [6, 6.07) is 1.81. The number of amides is 1. The average Bonchev–Trinajstić information content (AvgIpc) is 2.56. The lowest BCUT2D eigenvalue weighted by atomic mass is 9.80. The van der Waals surface area contributed by atoms with E-state index in [2.05, 4.69) is 0 Å². The molecule has 3 rings (SSSR count). The predicted molar refractivity (Wildman–Crippen MR) is 83.8 cm³/mol. The van der Waals surface area contributed by atoms with Crippen molar-refractivity contribution in [1.82, 2.24) is 0 Å². The highest BCUT2D eigenvalue weighted by atomic mass is 35.5. The molecular weight excluding hydrogens is 378 g/mol. The molecule has 0 radical (unpaired) electrons. The summed E-state index contributed by atoms with van der Waals surface area (Å²) >= 11 is 24.7. The normalized spacial score (nSPS) is 30.5. The molecule has 2 fully saturated rings. The van der Waals surface area contributed by atoms with Gasteiger partial charge in [-0.3, -0.25) is 9.69 Å². The van der Waals surface area contributed by atoms with Gasteiger partial charge in [-0.25, -0.2) is 8.78 Å². The Morgan fingerprint density at radius 1 is 1.14 bits per heavy atom. The molecule has 2 atom stereocenters. The van der Waals surface area contributed by atoms with Crippen LogP contribution in [0.1, 0.15) is 25.7 Å². The first-order chi connectivity index (χ1) is 10.2. The zero-order valence-corrected chi connectivity index (χ0v) is 14.2. The van der Waals surface area contributed by atoms with Gasteiger partial charge in [0.2, 0.25) is 4.46 Å². The fourth-order valence-corrected chi connectivity index (χ4v) is 5.02. The van der Waals surface area contributed by atoms with Crippen LogP contribution in [0.4, 0.5) is 14.5 Å². The second kappa shape index (κ2) is 5.37. The molecule has 8 heteroatoms. The Hall–Kier alpha value is -0.290. The number of nitrogens with zero attached hydrogens (tertiary/aromatic N) is 1. The van der Waals surface area contributed by atoms with Crippen LogP contribution in [-0.4, -0.2) is 15.2 Å². The van der Waals surface area contributed by atoms with Gasteiger partial charge >= 0.3 is 0 Å². The smallest absolute Gasteiger partial charge is 0.251 e. The lowest BCUT2D eigenvalue weighted by molar-refractivity contribution is -0.120. The van der Waals surface area contributed by atoms with Gasteiger partial charge in [-0.2, -0.15) is 0 Å². The van der Waals surface area contributed by atoms with E-state index in [9.17, 15) is 13.6 Å². The van der Waals surface area contributed by atoms with Crippen molar-refractivity contribution >= 4 is 58.0 Å². The van der Waals surface area contributed by atoms with Crippen LogP contribution in [-0.2, 0) is 4.79 Å². The van der Waals surface area contributed by atoms with Crippen molar-refractivity contribution in [2.45, 2.75) is 35.0 Å². The van der Waals surface area contributed by atoms with Gasteiger partial charge in [0.05, 0.1) is 0 Å². The SMILES string of the molecule is O=C1N(c2c(F)cc(Cl)cc2F)C(Cl)(Cl)C2CCCCC12Cl. The summed E-state index contributed by atoms with van der Waals surface area (Å²) in [6.45, 7) is 0. The summed E-state index contributed by atoms with van der Waals surface area (Å²) < 4.78 is 26.6. The third-order valence-electron chi connectivity index (χ3n) is 4.32. The van der Waals surface area contributed by atoms with E-state index in [1.54, 1.807) is 0 Å². The lowest BCUT2D eigenvalue weighted by Gasteiger charge is -2.35. The van der Waals surface area contributed by atoms with Crippen molar-refractivity contribution < 1.29 is 13.6 Å². The number of hydrogen-bond acceptors (Lipinski definition) is 1. The Morgan fingerprint density at radius 3 is 2.27 bits per heavy atom. The van der Waals surface area contributed by atoms with Crippen molar-refractivity contribution in [3.05, 3.63) is 28.8 Å². The third-order valence-corrected chi connectivity index (χ3v) is 6.01. The molecule has 0 spiro atoms. The third kappa shape index (κ3) is 2.22. The van der Waals surface area contributed by atoms with Crippen molar-refractivity contribution in [2.75, 3.05) is 4.90 Å². The molecule has 1 saturated heterocycles. The van der Waals surface area contributed by atoms with Crippen molar-refractivity contribution in [2.24, 2.45) is 5.92 Å². The van der Waals surface area contributed by atoms with Gasteiger partial charge < -0.3 is 0 Å². The molecule has 2 aliphatic rings. The van der Waals surface area contributed by atoms with Crippen LogP contribution in [0, 0.1) is 17.6 Å². The Kier molecular flexibility index (Phi) is 4.04. The first-order valence-corrected chi connectivity index (χ1v) is 8.26. The fourth-order valence-electron chi connectivity index (χ4n) is 3.31. The van der Waals surface area contributed by atoms with Crippen LogP contribution in [0.5, 0.6) is 0 Å². The Balaban J connectivity index is 2.17. The molecule has 120 valence electrons. The molecule has 1 aromatic rings. The van der Waals surface area contributed by atoms with E-state index >= 15 is 0 Å². The number of carbonyl (C=O) groups excluding carboxylic acids is 1. The van der Waals surface area contributed by atoms with Crippen LogP contribution in [0.15, 0.2) is 12.1 Å². The second-order valence-corrected chi connectivity index (χ2v) is 8.06. The zero-order chi connectivity index (χ0) is 16.3. The standard InChI is InChI=1S/C14H11Cl4F2NO/c15-7-5-8(19)11(9(20)6-7)21-12(22)13(16)4-2-1-3-10(13)14(21,17)18/h5-6,10H,1-4H2. The number of alkyl halides is 3. The number of hydrogen-bond donors (Lipinski definition) is 0. The van der Waals surface area contributed by atoms with E-state index in [4.69, 9.17) is 46.4 Å². The molecule has 1 heterocycles. The Bertz CT molecular complexity index is 631. The van der Waals surface area contributed by atoms with Gasteiger partial charge in [-0.05, 0) is 25.0 Å². The summed E-state index contributed by atoms with van der Waals surface area (Å²) in [5.41, 5.74) is -0.617. The highest BCUT2D eigenvalue weighted by Gasteiger charge is 2.66. The van der Waals surface area contributed by atoms with E-state index in [0.29, 0.717) is 12.8 Å². The predicted octanol–water partition coefficient (Wildman–Crippen LogP) is 5.26. The van der Waals surface area contributed by atoms with Gasteiger partial charge in [-0.1, -0.05) is 47.6 Å². The van der Waals surface area contributed by atoms with E-state index in [1.807, 2.05) is 0 Å². The van der Waals surface area contributed by atoms with E-state index in [-0.39, 0.29) is 5.02 Å². The minimum Gasteiger partial charge on any atom is -0.272 e. The minimum atomic E-state index is -1.81. The summed E-state index contributed by atoms with van der Waals surface area (Å²) in [6.07, 6.45) is 2.41. The lowest BCUT2D eigenvalue weighted by Crippen LogP contribution is -2.41. The van der Waals surface area contributed by atoms with Gasteiger partial charge in [0, 0.05) is 10.9 Å². The number of carbonyl (C=O) groups is 1. The molecule has 2 unspecified atom stereocenters. The zero-order valence-electron chi connectivity index (χ0n) is 11.2. The van der Waals surface area contributed by atoms with Gasteiger partial charge in [0.15, 0.2) is 11.6 Å². The molecule has 0 aromatic heterocycles. The summed E-state index contributed by atoms with van der Waals surface area (Å²) in [5.74, 6) is -3.31. The molecule has 1 aliphatic heterocycles. The summed E-state index contributed by atoms with van der Waals surface area (Å²) in [7, 11) is 0. The molecular formula is C14H11Cl4F2NO. The number of fused-ring (bicyclic) bond motifs is 1. The van der Waals surface area contributed by atoms with Crippen LogP contribution < -0.4 is 4.90 Å². The maximum atomic E-state index is 14.2. The maximum Gasteiger partial charge on any atom is 0.251 e. The van der Waals surface area contributed by atoms with Crippen molar-refractivity contribution in [1.29, 1.82) is 0 Å². The fraction of sp³-hybridized carbons (Fsp3) is 0.500. The largest absolute Gasteiger partial charge is 0.272 e. The molecule has 1 aliphatic carbocycles. The van der Waals surface area contributed by atoms with Gasteiger partial charge in [0.25, 0.3) is 5.91 Å². The van der Waals surface area contributed by atoms with Crippen LogP contribution in [0.25, 0.3) is 0 Å². The summed E-state index contributed by atoms with van der Waals surface area (Å²) in [5, 5.41) is -0.127. The Labute approximate surface area is 146 Å². The van der Waals surface area contributed by atoms with Crippen LogP contribution >= 0.6 is 46.4 Å². The van der Waals surface area contributed by atoms with Crippen molar-refractivity contribution in [3.63, 3.8) is 0 Å². The molecule has 0 N–H and O–H groups in total. The number of benzene rings is 1. The highest BCUT2D eigenvalue weighted by Crippen LogP contribution is 2.58. The second-order valence-electron chi connectivity index (χ2n) is 5.61.